The number of piperidine rings is 1. The standard InChI is InChI=1S/C18H28N2O3.ClH/c1-13-11-15(8-10-19-13)18(21)20-9-4-5-14-12-16(22-2)6-7-17(14)23-3;/h6-7,12-13,15,19H,4-5,8-11H2,1-3H3,(H,20,21);1H/t13-,15-;/m0./s1. The van der Waals surface area contributed by atoms with Gasteiger partial charge in [0.2, 0.25) is 5.91 Å². The first kappa shape index (κ1) is 20.6. The number of aryl methyl sites for hydroxylation is 1. The highest BCUT2D eigenvalue weighted by atomic mass is 35.5. The normalized spacial score (nSPS) is 20.0. The smallest absolute Gasteiger partial charge is 0.223 e. The summed E-state index contributed by atoms with van der Waals surface area (Å²) in [5, 5.41) is 6.44. The summed E-state index contributed by atoms with van der Waals surface area (Å²) in [5.41, 5.74) is 1.11. The molecule has 6 heteroatoms. The molecule has 0 radical (unpaired) electrons. The number of amides is 1. The Morgan fingerprint density at radius 2 is 2.12 bits per heavy atom. The maximum Gasteiger partial charge on any atom is 0.223 e. The van der Waals surface area contributed by atoms with Crippen LogP contribution in [0, 0.1) is 5.92 Å². The molecule has 0 unspecified atom stereocenters. The molecular weight excluding hydrogens is 328 g/mol. The molecule has 0 bridgehead atoms. The van der Waals surface area contributed by atoms with Crippen LogP contribution >= 0.6 is 12.4 Å². The molecule has 1 aromatic carbocycles. The fourth-order valence-electron chi connectivity index (χ4n) is 3.08. The summed E-state index contributed by atoms with van der Waals surface area (Å²) in [6, 6.07) is 6.24. The first-order chi connectivity index (χ1) is 11.1. The second kappa shape index (κ2) is 10.4. The van der Waals surface area contributed by atoms with E-state index in [2.05, 4.69) is 17.6 Å². The van der Waals surface area contributed by atoms with E-state index in [0.717, 1.165) is 49.3 Å². The van der Waals surface area contributed by atoms with E-state index < -0.39 is 0 Å². The number of ether oxygens (including phenoxy) is 2. The molecule has 0 spiro atoms. The van der Waals surface area contributed by atoms with Crippen molar-refractivity contribution in [3.63, 3.8) is 0 Å². The van der Waals surface area contributed by atoms with Crippen molar-refractivity contribution in [3.8, 4) is 11.5 Å². The molecule has 1 aromatic rings. The Morgan fingerprint density at radius 3 is 2.79 bits per heavy atom. The molecule has 136 valence electrons. The lowest BCUT2D eigenvalue weighted by Gasteiger charge is -2.27. The molecule has 2 N–H and O–H groups in total. The molecule has 1 aliphatic heterocycles. The van der Waals surface area contributed by atoms with Crippen molar-refractivity contribution in [2.45, 2.75) is 38.6 Å². The fourth-order valence-corrected chi connectivity index (χ4v) is 3.08. The Hall–Kier alpha value is -1.46. The number of methoxy groups -OCH3 is 2. The summed E-state index contributed by atoms with van der Waals surface area (Å²) in [4.78, 5) is 12.2. The molecule has 1 heterocycles. The summed E-state index contributed by atoms with van der Waals surface area (Å²) in [6.07, 6.45) is 3.59. The Bertz CT molecular complexity index is 525. The van der Waals surface area contributed by atoms with E-state index in [1.54, 1.807) is 14.2 Å². The fraction of sp³-hybridized carbons (Fsp3) is 0.611. The van der Waals surface area contributed by atoms with E-state index in [-0.39, 0.29) is 24.2 Å². The van der Waals surface area contributed by atoms with E-state index in [1.165, 1.54) is 0 Å². The topological polar surface area (TPSA) is 59.6 Å². The summed E-state index contributed by atoms with van der Waals surface area (Å²) in [7, 11) is 3.33. The highest BCUT2D eigenvalue weighted by molar-refractivity contribution is 5.85. The SMILES string of the molecule is COc1ccc(OC)c(CCCNC(=O)[C@H]2CCN[C@@H](C)C2)c1.Cl. The summed E-state index contributed by atoms with van der Waals surface area (Å²) < 4.78 is 10.6. The van der Waals surface area contributed by atoms with Gasteiger partial charge in [-0.1, -0.05) is 0 Å². The largest absolute Gasteiger partial charge is 0.497 e. The second-order valence-electron chi connectivity index (χ2n) is 6.15. The summed E-state index contributed by atoms with van der Waals surface area (Å²) in [6.45, 7) is 3.76. The zero-order valence-electron chi connectivity index (χ0n) is 14.8. The molecule has 0 aromatic heterocycles. The van der Waals surface area contributed by atoms with E-state index in [4.69, 9.17) is 9.47 Å². The van der Waals surface area contributed by atoms with Gasteiger partial charge in [-0.25, -0.2) is 0 Å². The average Bonchev–Trinajstić information content (AvgIpc) is 2.58. The Balaban J connectivity index is 0.00000288. The zero-order chi connectivity index (χ0) is 16.7. The highest BCUT2D eigenvalue weighted by Gasteiger charge is 2.24. The van der Waals surface area contributed by atoms with E-state index >= 15 is 0 Å². The van der Waals surface area contributed by atoms with E-state index in [1.807, 2.05) is 18.2 Å². The van der Waals surface area contributed by atoms with Crippen LogP contribution in [0.2, 0.25) is 0 Å². The van der Waals surface area contributed by atoms with Crippen molar-refractivity contribution in [1.82, 2.24) is 10.6 Å². The van der Waals surface area contributed by atoms with Gasteiger partial charge in [-0.3, -0.25) is 4.79 Å². The Labute approximate surface area is 150 Å². The van der Waals surface area contributed by atoms with Crippen molar-refractivity contribution in [2.75, 3.05) is 27.3 Å². The maximum atomic E-state index is 12.2. The molecule has 0 aliphatic carbocycles. The minimum atomic E-state index is 0. The van der Waals surface area contributed by atoms with Crippen LogP contribution in [0.4, 0.5) is 0 Å². The van der Waals surface area contributed by atoms with Crippen LogP contribution in [0.1, 0.15) is 31.7 Å². The predicted octanol–water partition coefficient (Wildman–Crippen LogP) is 2.56. The maximum absolute atomic E-state index is 12.2. The first-order valence-electron chi connectivity index (χ1n) is 8.36. The number of rotatable bonds is 7. The monoisotopic (exact) mass is 356 g/mol. The number of hydrogen-bond donors (Lipinski definition) is 2. The quantitative estimate of drug-likeness (QED) is 0.737. The third-order valence-corrected chi connectivity index (χ3v) is 4.40. The Morgan fingerprint density at radius 1 is 1.33 bits per heavy atom. The molecule has 2 rings (SSSR count). The van der Waals surface area contributed by atoms with Gasteiger partial charge in [-0.05, 0) is 62.9 Å². The zero-order valence-corrected chi connectivity index (χ0v) is 15.6. The molecular formula is C18H29ClN2O3. The number of carbonyl (C=O) groups excluding carboxylic acids is 1. The third-order valence-electron chi connectivity index (χ3n) is 4.40. The minimum absolute atomic E-state index is 0. The molecule has 1 aliphatic rings. The van der Waals surface area contributed by atoms with Gasteiger partial charge < -0.3 is 20.1 Å². The molecule has 1 saturated heterocycles. The van der Waals surface area contributed by atoms with Gasteiger partial charge in [0.05, 0.1) is 14.2 Å². The van der Waals surface area contributed by atoms with Gasteiger partial charge in [-0.2, -0.15) is 0 Å². The van der Waals surface area contributed by atoms with E-state index in [0.29, 0.717) is 12.6 Å². The third kappa shape index (κ3) is 5.87. The van der Waals surface area contributed by atoms with Crippen molar-refractivity contribution in [3.05, 3.63) is 23.8 Å². The van der Waals surface area contributed by atoms with Crippen molar-refractivity contribution in [2.24, 2.45) is 5.92 Å². The molecule has 1 fully saturated rings. The van der Waals surface area contributed by atoms with Crippen LogP contribution in [0.5, 0.6) is 11.5 Å². The molecule has 0 saturated carbocycles. The summed E-state index contributed by atoms with van der Waals surface area (Å²) >= 11 is 0. The van der Waals surface area contributed by atoms with Crippen molar-refractivity contribution in [1.29, 1.82) is 0 Å². The average molecular weight is 357 g/mol. The van der Waals surface area contributed by atoms with Crippen LogP contribution in [0.3, 0.4) is 0 Å². The predicted molar refractivity (Wildman–Crippen MR) is 98.3 cm³/mol. The molecule has 24 heavy (non-hydrogen) atoms. The van der Waals surface area contributed by atoms with Gasteiger partial charge in [0, 0.05) is 18.5 Å². The van der Waals surface area contributed by atoms with Crippen LogP contribution in [-0.2, 0) is 11.2 Å². The molecule has 2 atom stereocenters. The van der Waals surface area contributed by atoms with Crippen LogP contribution in [0.15, 0.2) is 18.2 Å². The highest BCUT2D eigenvalue weighted by Crippen LogP contribution is 2.25. The number of nitrogens with one attached hydrogen (secondary N) is 2. The first-order valence-corrected chi connectivity index (χ1v) is 8.36. The van der Waals surface area contributed by atoms with Gasteiger partial charge in [0.15, 0.2) is 0 Å². The number of halogens is 1. The Kier molecular flexibility index (Phi) is 8.93. The van der Waals surface area contributed by atoms with Crippen LogP contribution < -0.4 is 20.1 Å². The summed E-state index contributed by atoms with van der Waals surface area (Å²) in [5.74, 6) is 2.03. The lowest BCUT2D eigenvalue weighted by molar-refractivity contribution is -0.126. The van der Waals surface area contributed by atoms with Gasteiger partial charge in [0.1, 0.15) is 11.5 Å². The van der Waals surface area contributed by atoms with Gasteiger partial charge >= 0.3 is 0 Å². The second-order valence-corrected chi connectivity index (χ2v) is 6.15. The minimum Gasteiger partial charge on any atom is -0.497 e. The number of carbonyl (C=O) groups is 1. The van der Waals surface area contributed by atoms with Crippen molar-refractivity contribution < 1.29 is 14.3 Å². The lowest BCUT2D eigenvalue weighted by Crippen LogP contribution is -2.42. The molecule has 1 amide bonds. The lowest BCUT2D eigenvalue weighted by atomic mass is 9.92. The van der Waals surface area contributed by atoms with Crippen LogP contribution in [0.25, 0.3) is 0 Å². The number of hydrogen-bond acceptors (Lipinski definition) is 4. The van der Waals surface area contributed by atoms with Gasteiger partial charge in [-0.15, -0.1) is 12.4 Å². The van der Waals surface area contributed by atoms with Crippen LogP contribution in [-0.4, -0.2) is 39.3 Å². The van der Waals surface area contributed by atoms with Gasteiger partial charge in [0.25, 0.3) is 0 Å². The van der Waals surface area contributed by atoms with E-state index in [9.17, 15) is 4.79 Å². The van der Waals surface area contributed by atoms with Crippen molar-refractivity contribution >= 4 is 18.3 Å². The molecule has 5 nitrogen and oxygen atoms in total. The number of benzene rings is 1.